The van der Waals surface area contributed by atoms with Crippen LogP contribution in [-0.2, 0) is 11.3 Å². The van der Waals surface area contributed by atoms with Crippen LogP contribution >= 0.6 is 11.3 Å². The maximum Gasteiger partial charge on any atom is 0.263 e. The Morgan fingerprint density at radius 3 is 2.76 bits per heavy atom. The lowest BCUT2D eigenvalue weighted by atomic mass is 10.2. The zero-order chi connectivity index (χ0) is 17.6. The molecule has 0 spiro atoms. The van der Waals surface area contributed by atoms with Crippen LogP contribution in [0, 0.1) is 0 Å². The molecule has 130 valence electrons. The van der Waals surface area contributed by atoms with E-state index in [1.165, 1.54) is 11.3 Å². The second-order valence-corrected chi connectivity index (χ2v) is 6.46. The first-order valence-corrected chi connectivity index (χ1v) is 8.88. The van der Waals surface area contributed by atoms with E-state index in [2.05, 4.69) is 10.1 Å². The summed E-state index contributed by atoms with van der Waals surface area (Å²) in [6, 6.07) is 13.2. The van der Waals surface area contributed by atoms with Gasteiger partial charge in [0.2, 0.25) is 11.7 Å². The molecule has 0 aliphatic rings. The third-order valence-electron chi connectivity index (χ3n) is 3.63. The number of rotatable bonds is 7. The summed E-state index contributed by atoms with van der Waals surface area (Å²) in [6.07, 6.45) is 0.0228. The number of carbonyl (C=O) groups excluding carboxylic acids is 1. The van der Waals surface area contributed by atoms with Crippen molar-refractivity contribution in [1.29, 1.82) is 0 Å². The van der Waals surface area contributed by atoms with Gasteiger partial charge in [0, 0.05) is 7.05 Å². The molecule has 0 N–H and O–H groups in total. The van der Waals surface area contributed by atoms with Crippen molar-refractivity contribution in [1.82, 2.24) is 15.0 Å². The Bertz CT molecular complexity index is 802. The molecule has 0 fully saturated rings. The van der Waals surface area contributed by atoms with Crippen LogP contribution in [0.3, 0.4) is 0 Å². The third kappa shape index (κ3) is 4.24. The lowest BCUT2D eigenvalue weighted by Gasteiger charge is -2.22. The van der Waals surface area contributed by atoms with Crippen LogP contribution in [-0.4, -0.2) is 34.1 Å². The van der Waals surface area contributed by atoms with E-state index in [1.54, 1.807) is 11.9 Å². The number of carbonyl (C=O) groups is 1. The SMILES string of the molecule is CC[C@H](Oc1ccccc1)C(=O)N(C)Cc1nc(-c2cccs2)no1. The Morgan fingerprint density at radius 2 is 2.08 bits per heavy atom. The highest BCUT2D eigenvalue weighted by molar-refractivity contribution is 7.13. The molecule has 0 aliphatic carbocycles. The number of hydrogen-bond donors (Lipinski definition) is 0. The maximum absolute atomic E-state index is 12.6. The van der Waals surface area contributed by atoms with Crippen molar-refractivity contribution >= 4 is 17.2 Å². The Balaban J connectivity index is 1.63. The van der Waals surface area contributed by atoms with Gasteiger partial charge in [0.25, 0.3) is 5.91 Å². The third-order valence-corrected chi connectivity index (χ3v) is 4.49. The summed E-state index contributed by atoms with van der Waals surface area (Å²) in [4.78, 5) is 19.5. The molecular weight excluding hydrogens is 338 g/mol. The average molecular weight is 357 g/mol. The summed E-state index contributed by atoms with van der Waals surface area (Å²) in [7, 11) is 1.70. The Hall–Kier alpha value is -2.67. The standard InChI is InChI=1S/C18H19N3O3S/c1-3-14(23-13-8-5-4-6-9-13)18(22)21(2)12-16-19-17(20-24-16)15-10-7-11-25-15/h4-11,14H,3,12H2,1-2H3/t14-/m0/s1. The predicted molar refractivity (Wildman–Crippen MR) is 95.2 cm³/mol. The molecule has 2 aromatic heterocycles. The molecule has 0 radical (unpaired) electrons. The Labute approximate surface area is 150 Å². The minimum absolute atomic E-state index is 0.123. The van der Waals surface area contributed by atoms with Crippen LogP contribution in [0.25, 0.3) is 10.7 Å². The number of likely N-dealkylation sites (N-methyl/N-ethyl adjacent to an activating group) is 1. The summed E-state index contributed by atoms with van der Waals surface area (Å²) in [5.41, 5.74) is 0. The lowest BCUT2D eigenvalue weighted by Crippen LogP contribution is -2.39. The van der Waals surface area contributed by atoms with E-state index in [-0.39, 0.29) is 12.5 Å². The van der Waals surface area contributed by atoms with Gasteiger partial charge in [-0.25, -0.2) is 0 Å². The molecule has 2 heterocycles. The molecule has 1 aromatic carbocycles. The van der Waals surface area contributed by atoms with Gasteiger partial charge in [-0.1, -0.05) is 36.3 Å². The van der Waals surface area contributed by atoms with Crippen molar-refractivity contribution < 1.29 is 14.1 Å². The fourth-order valence-electron chi connectivity index (χ4n) is 2.32. The van der Waals surface area contributed by atoms with Gasteiger partial charge >= 0.3 is 0 Å². The Kier molecular flexibility index (Phi) is 5.45. The topological polar surface area (TPSA) is 68.5 Å². The van der Waals surface area contributed by atoms with E-state index in [0.29, 0.717) is 23.9 Å². The summed E-state index contributed by atoms with van der Waals surface area (Å²) < 4.78 is 11.0. The molecule has 6 nitrogen and oxygen atoms in total. The first-order valence-electron chi connectivity index (χ1n) is 8.00. The summed E-state index contributed by atoms with van der Waals surface area (Å²) in [6.45, 7) is 2.16. The molecule has 25 heavy (non-hydrogen) atoms. The molecule has 3 aromatic rings. The maximum atomic E-state index is 12.6. The van der Waals surface area contributed by atoms with Crippen molar-refractivity contribution in [3.05, 3.63) is 53.7 Å². The fourth-order valence-corrected chi connectivity index (χ4v) is 2.97. The first kappa shape index (κ1) is 17.2. The average Bonchev–Trinajstić information content (AvgIpc) is 3.31. The van der Waals surface area contributed by atoms with E-state index >= 15 is 0 Å². The summed E-state index contributed by atoms with van der Waals surface area (Å²) in [5, 5.41) is 5.91. The molecule has 3 rings (SSSR count). The van der Waals surface area contributed by atoms with Crippen molar-refractivity contribution in [2.45, 2.75) is 26.0 Å². The van der Waals surface area contributed by atoms with Gasteiger partial charge < -0.3 is 14.2 Å². The van der Waals surface area contributed by atoms with Gasteiger partial charge in [-0.3, -0.25) is 4.79 Å². The van der Waals surface area contributed by atoms with Crippen molar-refractivity contribution in [3.8, 4) is 16.5 Å². The van der Waals surface area contributed by atoms with Gasteiger partial charge in [0.15, 0.2) is 6.10 Å². The lowest BCUT2D eigenvalue weighted by molar-refractivity contribution is -0.138. The molecule has 1 atom stereocenters. The number of hydrogen-bond acceptors (Lipinski definition) is 6. The van der Waals surface area contributed by atoms with E-state index in [9.17, 15) is 4.79 Å². The minimum Gasteiger partial charge on any atom is -0.481 e. The largest absolute Gasteiger partial charge is 0.481 e. The van der Waals surface area contributed by atoms with Gasteiger partial charge in [-0.05, 0) is 30.0 Å². The zero-order valence-electron chi connectivity index (χ0n) is 14.1. The molecule has 0 saturated carbocycles. The highest BCUT2D eigenvalue weighted by Gasteiger charge is 2.24. The van der Waals surface area contributed by atoms with Crippen LogP contribution in [0.5, 0.6) is 5.75 Å². The number of nitrogens with zero attached hydrogens (tertiary/aromatic N) is 3. The number of ether oxygens (including phenoxy) is 1. The van der Waals surface area contributed by atoms with Crippen LogP contribution in [0.15, 0.2) is 52.4 Å². The second kappa shape index (κ2) is 7.94. The van der Waals surface area contributed by atoms with Gasteiger partial charge in [0.1, 0.15) is 5.75 Å². The van der Waals surface area contributed by atoms with Gasteiger partial charge in [0.05, 0.1) is 11.4 Å². The number of benzene rings is 1. The molecule has 0 aliphatic heterocycles. The fraction of sp³-hybridized carbons (Fsp3) is 0.278. The second-order valence-electron chi connectivity index (χ2n) is 5.51. The minimum atomic E-state index is -0.549. The van der Waals surface area contributed by atoms with Crippen molar-refractivity contribution in [3.63, 3.8) is 0 Å². The Morgan fingerprint density at radius 1 is 1.28 bits per heavy atom. The molecule has 7 heteroatoms. The van der Waals surface area contributed by atoms with E-state index in [1.807, 2.05) is 54.8 Å². The van der Waals surface area contributed by atoms with Gasteiger partial charge in [-0.2, -0.15) is 4.98 Å². The number of para-hydroxylation sites is 1. The summed E-state index contributed by atoms with van der Waals surface area (Å²) >= 11 is 1.54. The molecule has 0 unspecified atom stereocenters. The van der Waals surface area contributed by atoms with Crippen molar-refractivity contribution in [2.75, 3.05) is 7.05 Å². The van der Waals surface area contributed by atoms with Crippen LogP contribution in [0.4, 0.5) is 0 Å². The zero-order valence-corrected chi connectivity index (χ0v) is 14.9. The molecule has 0 bridgehead atoms. The van der Waals surface area contributed by atoms with Crippen molar-refractivity contribution in [2.24, 2.45) is 0 Å². The first-order chi connectivity index (χ1) is 12.2. The van der Waals surface area contributed by atoms with E-state index in [4.69, 9.17) is 9.26 Å². The predicted octanol–water partition coefficient (Wildman–Crippen LogP) is 3.61. The van der Waals surface area contributed by atoms with Crippen LogP contribution in [0.2, 0.25) is 0 Å². The number of aromatic nitrogens is 2. The normalized spacial score (nSPS) is 11.9. The quantitative estimate of drug-likeness (QED) is 0.646. The highest BCUT2D eigenvalue weighted by atomic mass is 32.1. The number of amides is 1. The number of thiophene rings is 1. The molecular formula is C18H19N3O3S. The summed E-state index contributed by atoms with van der Waals surface area (Å²) in [5.74, 6) is 1.49. The smallest absolute Gasteiger partial charge is 0.263 e. The van der Waals surface area contributed by atoms with E-state index in [0.717, 1.165) is 4.88 Å². The van der Waals surface area contributed by atoms with E-state index < -0.39 is 6.10 Å². The molecule has 0 saturated heterocycles. The molecule has 1 amide bonds. The van der Waals surface area contributed by atoms with Crippen LogP contribution in [0.1, 0.15) is 19.2 Å². The monoisotopic (exact) mass is 357 g/mol. The van der Waals surface area contributed by atoms with Gasteiger partial charge in [-0.15, -0.1) is 11.3 Å². The van der Waals surface area contributed by atoms with Crippen LogP contribution < -0.4 is 4.74 Å². The highest BCUT2D eigenvalue weighted by Crippen LogP contribution is 2.21.